The second-order valence-corrected chi connectivity index (χ2v) is 5.31. The van der Waals surface area contributed by atoms with Gasteiger partial charge in [-0.15, -0.1) is 0 Å². The van der Waals surface area contributed by atoms with Crippen molar-refractivity contribution in [1.29, 1.82) is 0 Å². The summed E-state index contributed by atoms with van der Waals surface area (Å²) < 4.78 is 5.80. The van der Waals surface area contributed by atoms with Gasteiger partial charge in [-0.2, -0.15) is 0 Å². The fourth-order valence-electron chi connectivity index (χ4n) is 2.85. The maximum atomic E-state index is 11.5. The third-order valence-electron chi connectivity index (χ3n) is 4.10. The molecule has 0 aromatic heterocycles. The molecule has 3 atom stereocenters. The lowest BCUT2D eigenvalue weighted by atomic mass is 9.85. The molecule has 0 radical (unpaired) electrons. The van der Waals surface area contributed by atoms with Gasteiger partial charge in [0.15, 0.2) is 0 Å². The highest BCUT2D eigenvalue weighted by Crippen LogP contribution is 2.32. The van der Waals surface area contributed by atoms with Gasteiger partial charge in [-0.3, -0.25) is 4.79 Å². The number of rotatable bonds is 3. The topological polar surface area (TPSA) is 50.4 Å². The molecule has 3 fully saturated rings. The van der Waals surface area contributed by atoms with E-state index >= 15 is 0 Å². The molecule has 2 aliphatic heterocycles. The molecule has 1 saturated carbocycles. The van der Waals surface area contributed by atoms with Crippen molar-refractivity contribution in [3.8, 4) is 0 Å². The Labute approximate surface area is 96.1 Å². The first kappa shape index (κ1) is 10.5. The van der Waals surface area contributed by atoms with E-state index in [2.05, 4.69) is 10.6 Å². The predicted octanol–water partition coefficient (Wildman–Crippen LogP) is 0.137. The van der Waals surface area contributed by atoms with Gasteiger partial charge in [-0.1, -0.05) is 0 Å². The van der Waals surface area contributed by atoms with E-state index in [1.807, 2.05) is 0 Å². The van der Waals surface area contributed by atoms with Crippen molar-refractivity contribution in [2.24, 2.45) is 17.8 Å². The van der Waals surface area contributed by atoms with E-state index in [-0.39, 0.29) is 12.0 Å². The van der Waals surface area contributed by atoms with Gasteiger partial charge in [0.05, 0.1) is 12.7 Å². The number of carbonyl (C=O) groups is 1. The van der Waals surface area contributed by atoms with Crippen LogP contribution in [-0.4, -0.2) is 38.3 Å². The quantitative estimate of drug-likeness (QED) is 0.717. The van der Waals surface area contributed by atoms with Crippen molar-refractivity contribution in [2.45, 2.75) is 25.4 Å². The average molecular weight is 224 g/mol. The first-order valence-electron chi connectivity index (χ1n) is 6.44. The van der Waals surface area contributed by atoms with Crippen LogP contribution in [0.15, 0.2) is 0 Å². The minimum atomic E-state index is 0.232. The minimum Gasteiger partial charge on any atom is -0.376 e. The number of amides is 1. The van der Waals surface area contributed by atoms with E-state index in [1.54, 1.807) is 0 Å². The van der Waals surface area contributed by atoms with E-state index in [9.17, 15) is 4.79 Å². The maximum Gasteiger partial charge on any atom is 0.223 e. The minimum absolute atomic E-state index is 0.232. The lowest BCUT2D eigenvalue weighted by Crippen LogP contribution is -2.43. The summed E-state index contributed by atoms with van der Waals surface area (Å²) in [6, 6.07) is 0. The van der Waals surface area contributed by atoms with Crippen molar-refractivity contribution in [3.63, 3.8) is 0 Å². The molecule has 1 amide bonds. The van der Waals surface area contributed by atoms with Gasteiger partial charge in [0, 0.05) is 24.9 Å². The second-order valence-electron chi connectivity index (χ2n) is 5.31. The van der Waals surface area contributed by atoms with Crippen molar-refractivity contribution < 1.29 is 9.53 Å². The average Bonchev–Trinajstić information content (AvgIpc) is 3.08. The Balaban J connectivity index is 1.49. The summed E-state index contributed by atoms with van der Waals surface area (Å²) in [6.07, 6.45) is 3.61. The van der Waals surface area contributed by atoms with Crippen LogP contribution >= 0.6 is 0 Å². The number of hydrogen-bond acceptors (Lipinski definition) is 3. The molecule has 4 nitrogen and oxygen atoms in total. The standard InChI is InChI=1S/C12H20N2O2/c15-12(8-1-2-8)14-6-11-10-5-13-4-3-9(10)7-16-11/h8-11,13H,1-7H2,(H,14,15)/t9-,10-,11+/m0/s1. The van der Waals surface area contributed by atoms with Crippen LogP contribution in [-0.2, 0) is 9.53 Å². The normalized spacial score (nSPS) is 38.1. The van der Waals surface area contributed by atoms with Gasteiger partial charge in [0.1, 0.15) is 0 Å². The molecule has 0 bridgehead atoms. The van der Waals surface area contributed by atoms with Gasteiger partial charge < -0.3 is 15.4 Å². The molecule has 3 rings (SSSR count). The molecular formula is C12H20N2O2. The number of fused-ring (bicyclic) bond motifs is 1. The van der Waals surface area contributed by atoms with Crippen LogP contribution in [0.1, 0.15) is 19.3 Å². The molecule has 90 valence electrons. The highest BCUT2D eigenvalue weighted by atomic mass is 16.5. The number of piperidine rings is 1. The van der Waals surface area contributed by atoms with E-state index in [1.165, 1.54) is 6.42 Å². The summed E-state index contributed by atoms with van der Waals surface area (Å²) in [6.45, 7) is 3.76. The zero-order chi connectivity index (χ0) is 11.0. The molecule has 0 unspecified atom stereocenters. The zero-order valence-electron chi connectivity index (χ0n) is 9.58. The van der Waals surface area contributed by atoms with E-state index in [0.29, 0.717) is 24.3 Å². The SMILES string of the molecule is O=C(NC[C@H]1OC[C@@H]2CCNC[C@@H]21)C1CC1. The first-order valence-corrected chi connectivity index (χ1v) is 6.44. The molecule has 2 N–H and O–H groups in total. The van der Waals surface area contributed by atoms with E-state index < -0.39 is 0 Å². The highest BCUT2D eigenvalue weighted by molar-refractivity contribution is 5.80. The van der Waals surface area contributed by atoms with Crippen LogP contribution in [0.25, 0.3) is 0 Å². The summed E-state index contributed by atoms with van der Waals surface area (Å²) >= 11 is 0. The number of nitrogens with one attached hydrogen (secondary N) is 2. The van der Waals surface area contributed by atoms with Gasteiger partial charge in [0.25, 0.3) is 0 Å². The molecule has 0 aromatic rings. The van der Waals surface area contributed by atoms with Crippen LogP contribution in [0.5, 0.6) is 0 Å². The number of ether oxygens (including phenoxy) is 1. The molecule has 1 aliphatic carbocycles. The molecule has 2 saturated heterocycles. The highest BCUT2D eigenvalue weighted by Gasteiger charge is 2.39. The van der Waals surface area contributed by atoms with Crippen LogP contribution in [0, 0.1) is 17.8 Å². The Bertz CT molecular complexity index is 278. The molecule has 0 spiro atoms. The molecule has 3 aliphatic rings. The lowest BCUT2D eigenvalue weighted by molar-refractivity contribution is -0.122. The van der Waals surface area contributed by atoms with Crippen LogP contribution < -0.4 is 10.6 Å². The molecule has 2 heterocycles. The van der Waals surface area contributed by atoms with Gasteiger partial charge in [0.2, 0.25) is 5.91 Å². The Hall–Kier alpha value is -0.610. The van der Waals surface area contributed by atoms with E-state index in [0.717, 1.165) is 32.5 Å². The van der Waals surface area contributed by atoms with Crippen molar-refractivity contribution in [1.82, 2.24) is 10.6 Å². The Morgan fingerprint density at radius 1 is 1.38 bits per heavy atom. The summed E-state index contributed by atoms with van der Waals surface area (Å²) in [4.78, 5) is 11.5. The molecule has 4 heteroatoms. The number of hydrogen-bond donors (Lipinski definition) is 2. The zero-order valence-corrected chi connectivity index (χ0v) is 9.58. The monoisotopic (exact) mass is 224 g/mol. The van der Waals surface area contributed by atoms with Crippen molar-refractivity contribution in [2.75, 3.05) is 26.2 Å². The Morgan fingerprint density at radius 3 is 3.06 bits per heavy atom. The van der Waals surface area contributed by atoms with Crippen molar-refractivity contribution >= 4 is 5.91 Å². The molecule has 16 heavy (non-hydrogen) atoms. The summed E-state index contributed by atoms with van der Waals surface area (Å²) in [5.74, 6) is 1.86. The fourth-order valence-corrected chi connectivity index (χ4v) is 2.85. The van der Waals surface area contributed by atoms with Crippen LogP contribution in [0.2, 0.25) is 0 Å². The Morgan fingerprint density at radius 2 is 2.25 bits per heavy atom. The fraction of sp³-hybridized carbons (Fsp3) is 0.917. The summed E-state index contributed by atoms with van der Waals surface area (Å²) in [5, 5.41) is 6.44. The summed E-state index contributed by atoms with van der Waals surface area (Å²) in [5.41, 5.74) is 0. The predicted molar refractivity (Wildman–Crippen MR) is 59.9 cm³/mol. The largest absolute Gasteiger partial charge is 0.376 e. The first-order chi connectivity index (χ1) is 7.84. The van der Waals surface area contributed by atoms with Gasteiger partial charge >= 0.3 is 0 Å². The summed E-state index contributed by atoms with van der Waals surface area (Å²) in [7, 11) is 0. The Kier molecular flexibility index (Phi) is 2.86. The third-order valence-corrected chi connectivity index (χ3v) is 4.10. The lowest BCUT2D eigenvalue weighted by Gasteiger charge is -2.28. The van der Waals surface area contributed by atoms with Crippen molar-refractivity contribution in [3.05, 3.63) is 0 Å². The maximum absolute atomic E-state index is 11.5. The smallest absolute Gasteiger partial charge is 0.223 e. The molecular weight excluding hydrogens is 204 g/mol. The van der Waals surface area contributed by atoms with E-state index in [4.69, 9.17) is 4.74 Å². The van der Waals surface area contributed by atoms with Gasteiger partial charge in [-0.05, 0) is 31.7 Å². The van der Waals surface area contributed by atoms with Crippen LogP contribution in [0.3, 0.4) is 0 Å². The third kappa shape index (κ3) is 2.09. The number of carbonyl (C=O) groups excluding carboxylic acids is 1. The molecule has 0 aromatic carbocycles. The second kappa shape index (κ2) is 4.34. The van der Waals surface area contributed by atoms with Gasteiger partial charge in [-0.25, -0.2) is 0 Å². The van der Waals surface area contributed by atoms with Crippen LogP contribution in [0.4, 0.5) is 0 Å².